The third-order valence-corrected chi connectivity index (χ3v) is 2.86. The van der Waals surface area contributed by atoms with Crippen LogP contribution in [0.4, 0.5) is 0 Å². The average Bonchev–Trinajstić information content (AvgIpc) is 2.30. The first-order valence-electron chi connectivity index (χ1n) is 4.97. The van der Waals surface area contributed by atoms with E-state index < -0.39 is 0 Å². The van der Waals surface area contributed by atoms with E-state index in [-0.39, 0.29) is 6.29 Å². The van der Waals surface area contributed by atoms with Crippen molar-refractivity contribution in [1.29, 1.82) is 0 Å². The van der Waals surface area contributed by atoms with E-state index in [1.807, 2.05) is 43.3 Å². The van der Waals surface area contributed by atoms with Gasteiger partial charge in [-0.15, -0.1) is 0 Å². The predicted molar refractivity (Wildman–Crippen MR) is 68.6 cm³/mol. The Kier molecular flexibility index (Phi) is 4.86. The Hall–Kier alpha value is -0.970. The highest BCUT2D eigenvalue weighted by atomic mass is 32.1. The lowest BCUT2D eigenvalue weighted by Gasteiger charge is -2.16. The SMILES string of the molecule is COC(OC)c1ccc(C(=S)N(C)C)cc1. The normalized spacial score (nSPS) is 10.6. The van der Waals surface area contributed by atoms with Crippen LogP contribution in [0.1, 0.15) is 17.4 Å². The van der Waals surface area contributed by atoms with Gasteiger partial charge in [0, 0.05) is 39.4 Å². The summed E-state index contributed by atoms with van der Waals surface area (Å²) in [6, 6.07) is 7.87. The molecule has 0 aliphatic rings. The summed E-state index contributed by atoms with van der Waals surface area (Å²) in [5.74, 6) is 0. The van der Waals surface area contributed by atoms with Crippen LogP contribution in [0.2, 0.25) is 0 Å². The van der Waals surface area contributed by atoms with Crippen molar-refractivity contribution >= 4 is 17.2 Å². The lowest BCUT2D eigenvalue weighted by Crippen LogP contribution is -2.20. The molecule has 1 aromatic rings. The average molecular weight is 239 g/mol. The fourth-order valence-corrected chi connectivity index (χ4v) is 1.55. The number of benzene rings is 1. The number of methoxy groups -OCH3 is 2. The third-order valence-electron chi connectivity index (χ3n) is 2.26. The van der Waals surface area contributed by atoms with Gasteiger partial charge in [0.2, 0.25) is 0 Å². The van der Waals surface area contributed by atoms with Gasteiger partial charge in [-0.2, -0.15) is 0 Å². The molecule has 0 saturated carbocycles. The van der Waals surface area contributed by atoms with Gasteiger partial charge in [-0.25, -0.2) is 0 Å². The Bertz CT molecular complexity index is 345. The molecule has 0 radical (unpaired) electrons. The molecular weight excluding hydrogens is 222 g/mol. The van der Waals surface area contributed by atoms with E-state index >= 15 is 0 Å². The van der Waals surface area contributed by atoms with E-state index in [2.05, 4.69) is 0 Å². The second kappa shape index (κ2) is 5.94. The van der Waals surface area contributed by atoms with E-state index in [9.17, 15) is 0 Å². The van der Waals surface area contributed by atoms with Gasteiger partial charge in [0.1, 0.15) is 4.99 Å². The van der Waals surface area contributed by atoms with Crippen LogP contribution in [-0.2, 0) is 9.47 Å². The van der Waals surface area contributed by atoms with Gasteiger partial charge in [-0.1, -0.05) is 36.5 Å². The summed E-state index contributed by atoms with van der Waals surface area (Å²) in [5.41, 5.74) is 2.00. The fraction of sp³-hybridized carbons (Fsp3) is 0.417. The second-order valence-corrected chi connectivity index (χ2v) is 4.01. The second-order valence-electron chi connectivity index (χ2n) is 3.62. The van der Waals surface area contributed by atoms with Crippen LogP contribution in [0.25, 0.3) is 0 Å². The van der Waals surface area contributed by atoms with Crippen LogP contribution < -0.4 is 0 Å². The first-order valence-corrected chi connectivity index (χ1v) is 5.38. The van der Waals surface area contributed by atoms with Crippen LogP contribution in [0, 0.1) is 0 Å². The largest absolute Gasteiger partial charge is 0.368 e. The maximum atomic E-state index is 5.27. The number of hydrogen-bond acceptors (Lipinski definition) is 3. The summed E-state index contributed by atoms with van der Waals surface area (Å²) in [7, 11) is 7.10. The van der Waals surface area contributed by atoms with Crippen LogP contribution in [0.3, 0.4) is 0 Å². The van der Waals surface area contributed by atoms with Crippen molar-refractivity contribution in [3.63, 3.8) is 0 Å². The molecule has 3 nitrogen and oxygen atoms in total. The minimum Gasteiger partial charge on any atom is -0.368 e. The molecule has 0 heterocycles. The van der Waals surface area contributed by atoms with Crippen LogP contribution in [0.15, 0.2) is 24.3 Å². The maximum absolute atomic E-state index is 5.27. The van der Waals surface area contributed by atoms with Crippen LogP contribution >= 0.6 is 12.2 Å². The van der Waals surface area contributed by atoms with Crippen molar-refractivity contribution in [2.45, 2.75) is 6.29 Å². The van der Waals surface area contributed by atoms with Gasteiger partial charge < -0.3 is 14.4 Å². The molecule has 0 fully saturated rings. The summed E-state index contributed by atoms with van der Waals surface area (Å²) in [4.78, 5) is 2.73. The quantitative estimate of drug-likeness (QED) is 0.593. The lowest BCUT2D eigenvalue weighted by molar-refractivity contribution is -0.106. The monoisotopic (exact) mass is 239 g/mol. The maximum Gasteiger partial charge on any atom is 0.183 e. The third kappa shape index (κ3) is 3.01. The fourth-order valence-electron chi connectivity index (χ4n) is 1.41. The minimum atomic E-state index is -0.318. The van der Waals surface area contributed by atoms with Crippen molar-refractivity contribution in [2.24, 2.45) is 0 Å². The van der Waals surface area contributed by atoms with Crippen molar-refractivity contribution < 1.29 is 9.47 Å². The lowest BCUT2D eigenvalue weighted by atomic mass is 10.1. The Labute approximate surface area is 102 Å². The van der Waals surface area contributed by atoms with Gasteiger partial charge in [0.15, 0.2) is 6.29 Å². The molecule has 0 aliphatic heterocycles. The van der Waals surface area contributed by atoms with Crippen molar-refractivity contribution in [3.05, 3.63) is 35.4 Å². The highest BCUT2D eigenvalue weighted by molar-refractivity contribution is 7.80. The molecule has 4 heteroatoms. The van der Waals surface area contributed by atoms with Gasteiger partial charge in [-0.05, 0) is 0 Å². The van der Waals surface area contributed by atoms with E-state index in [1.165, 1.54) is 0 Å². The molecule has 16 heavy (non-hydrogen) atoms. The van der Waals surface area contributed by atoms with Gasteiger partial charge in [0.25, 0.3) is 0 Å². The molecule has 0 bridgehead atoms. The van der Waals surface area contributed by atoms with Crippen LogP contribution in [0.5, 0.6) is 0 Å². The van der Waals surface area contributed by atoms with Crippen molar-refractivity contribution in [2.75, 3.05) is 28.3 Å². The van der Waals surface area contributed by atoms with Crippen molar-refractivity contribution in [1.82, 2.24) is 4.90 Å². The number of rotatable bonds is 4. The number of hydrogen-bond donors (Lipinski definition) is 0. The summed E-state index contributed by atoms with van der Waals surface area (Å²) >= 11 is 5.27. The molecule has 0 atom stereocenters. The topological polar surface area (TPSA) is 21.7 Å². The molecule has 0 N–H and O–H groups in total. The molecule has 88 valence electrons. The predicted octanol–water partition coefficient (Wildman–Crippen LogP) is 2.22. The Morgan fingerprint density at radius 3 is 2.00 bits per heavy atom. The molecular formula is C12H17NO2S. The summed E-state index contributed by atoms with van der Waals surface area (Å²) in [5, 5.41) is 0. The number of nitrogens with zero attached hydrogens (tertiary/aromatic N) is 1. The molecule has 0 saturated heterocycles. The zero-order chi connectivity index (χ0) is 12.1. The first-order chi connectivity index (χ1) is 7.60. The Morgan fingerprint density at radius 2 is 1.62 bits per heavy atom. The highest BCUT2D eigenvalue weighted by Crippen LogP contribution is 2.18. The smallest absolute Gasteiger partial charge is 0.183 e. The van der Waals surface area contributed by atoms with Gasteiger partial charge in [-0.3, -0.25) is 0 Å². The number of thiocarbonyl (C=S) groups is 1. The van der Waals surface area contributed by atoms with Crippen LogP contribution in [-0.4, -0.2) is 38.2 Å². The van der Waals surface area contributed by atoms with Gasteiger partial charge >= 0.3 is 0 Å². The molecule has 0 aromatic heterocycles. The molecule has 0 aliphatic carbocycles. The molecule has 0 unspecified atom stereocenters. The molecule has 1 rings (SSSR count). The Morgan fingerprint density at radius 1 is 1.12 bits per heavy atom. The van der Waals surface area contributed by atoms with E-state index in [4.69, 9.17) is 21.7 Å². The van der Waals surface area contributed by atoms with E-state index in [1.54, 1.807) is 14.2 Å². The highest BCUT2D eigenvalue weighted by Gasteiger charge is 2.09. The standard InChI is InChI=1S/C12H17NO2S/c1-13(2)11(16)9-5-7-10(8-6-9)12(14-3)15-4/h5-8,12H,1-4H3. The molecule has 1 aromatic carbocycles. The minimum absolute atomic E-state index is 0.318. The molecule has 0 amide bonds. The van der Waals surface area contributed by atoms with Gasteiger partial charge in [0.05, 0.1) is 0 Å². The zero-order valence-corrected chi connectivity index (χ0v) is 10.9. The zero-order valence-electron chi connectivity index (χ0n) is 10.1. The summed E-state index contributed by atoms with van der Waals surface area (Å²) in [6.45, 7) is 0. The van der Waals surface area contributed by atoms with E-state index in [0.717, 1.165) is 16.1 Å². The summed E-state index contributed by atoms with van der Waals surface area (Å²) < 4.78 is 10.3. The Balaban J connectivity index is 2.86. The summed E-state index contributed by atoms with van der Waals surface area (Å²) in [6.07, 6.45) is -0.318. The number of ether oxygens (including phenoxy) is 2. The molecule has 0 spiro atoms. The first kappa shape index (κ1) is 13.1. The van der Waals surface area contributed by atoms with E-state index in [0.29, 0.717) is 0 Å². The van der Waals surface area contributed by atoms with Crippen molar-refractivity contribution in [3.8, 4) is 0 Å².